The van der Waals surface area contributed by atoms with Crippen molar-refractivity contribution in [3.8, 4) is 5.75 Å². The highest BCUT2D eigenvalue weighted by molar-refractivity contribution is 6.05. The molecule has 7 rings (SSSR count). The van der Waals surface area contributed by atoms with E-state index in [9.17, 15) is 19.2 Å². The average Bonchev–Trinajstić information content (AvgIpc) is 3.27. The van der Waals surface area contributed by atoms with E-state index < -0.39 is 6.04 Å². The van der Waals surface area contributed by atoms with Crippen molar-refractivity contribution >= 4 is 23.6 Å². The van der Waals surface area contributed by atoms with Crippen molar-refractivity contribution < 1.29 is 28.7 Å². The van der Waals surface area contributed by atoms with Crippen molar-refractivity contribution in [1.29, 1.82) is 0 Å². The molecule has 1 N–H and O–H groups in total. The predicted molar refractivity (Wildman–Crippen MR) is 152 cm³/mol. The van der Waals surface area contributed by atoms with Gasteiger partial charge >= 0.3 is 0 Å². The number of hydrogen-bond acceptors (Lipinski definition) is 7. The van der Waals surface area contributed by atoms with Gasteiger partial charge in [0.15, 0.2) is 0 Å². The van der Waals surface area contributed by atoms with Gasteiger partial charge in [-0.25, -0.2) is 0 Å². The standard InChI is InChI=1S/C32H42N4O6/c1-32(18-41-19-32)31(40)34-12-10-20(11-13-34)22-15-35(16-22)25-4-2-3-5-27(25)42-23-6-7-24-21(14-23)17-36(30(24)39)26-8-9-28(37)33-29(26)38/h6-7,14,20,22,25-27H,2-5,8-13,15-19H2,1H3,(H,33,37,38)/t25-,26?,27+/m0/s1. The van der Waals surface area contributed by atoms with Gasteiger partial charge in [-0.1, -0.05) is 6.42 Å². The maximum atomic E-state index is 13.1. The first-order chi connectivity index (χ1) is 20.3. The number of nitrogens with zero attached hydrogens (tertiary/aromatic N) is 3. The molecule has 5 fully saturated rings. The number of amides is 4. The maximum absolute atomic E-state index is 13.1. The van der Waals surface area contributed by atoms with E-state index in [1.165, 1.54) is 6.42 Å². The predicted octanol–water partition coefficient (Wildman–Crippen LogP) is 2.34. The van der Waals surface area contributed by atoms with Gasteiger partial charge in [0.25, 0.3) is 5.91 Å². The molecular formula is C32H42N4O6. The van der Waals surface area contributed by atoms with Crippen LogP contribution in [0.2, 0.25) is 0 Å². The normalized spacial score (nSPS) is 30.4. The quantitative estimate of drug-likeness (QED) is 0.517. The summed E-state index contributed by atoms with van der Waals surface area (Å²) >= 11 is 0. The molecule has 1 saturated carbocycles. The van der Waals surface area contributed by atoms with Gasteiger partial charge in [0.05, 0.1) is 18.6 Å². The highest BCUT2D eigenvalue weighted by Gasteiger charge is 2.46. The molecule has 1 aromatic rings. The Morgan fingerprint density at radius 2 is 1.76 bits per heavy atom. The number of ether oxygens (including phenoxy) is 2. The van der Waals surface area contributed by atoms with Crippen molar-refractivity contribution in [2.24, 2.45) is 17.3 Å². The number of benzene rings is 1. The molecule has 4 amide bonds. The second-order valence-corrected chi connectivity index (χ2v) is 13.6. The molecule has 5 heterocycles. The summed E-state index contributed by atoms with van der Waals surface area (Å²) in [5.41, 5.74) is 1.18. The van der Waals surface area contributed by atoms with Gasteiger partial charge in [-0.05, 0) is 81.0 Å². The van der Waals surface area contributed by atoms with E-state index >= 15 is 0 Å². The number of rotatable bonds is 6. The molecule has 10 nitrogen and oxygen atoms in total. The SMILES string of the molecule is CC1(C(=O)N2CCC(C3CN([C@H]4CCCC[C@H]4Oc4ccc5c(c4)CN(C4CCC(=O)NC4=O)C5=O)C3)CC2)COC1. The van der Waals surface area contributed by atoms with Crippen molar-refractivity contribution in [3.05, 3.63) is 29.3 Å². The third-order valence-electron chi connectivity index (χ3n) is 10.7. The smallest absolute Gasteiger partial charge is 0.255 e. The second kappa shape index (κ2) is 10.9. The molecule has 226 valence electrons. The van der Waals surface area contributed by atoms with Crippen LogP contribution < -0.4 is 10.1 Å². The lowest BCUT2D eigenvalue weighted by Crippen LogP contribution is -2.61. The van der Waals surface area contributed by atoms with Crippen molar-refractivity contribution in [3.63, 3.8) is 0 Å². The molecule has 0 radical (unpaired) electrons. The van der Waals surface area contributed by atoms with Gasteiger partial charge in [0.1, 0.15) is 17.9 Å². The Morgan fingerprint density at radius 3 is 2.48 bits per heavy atom. The summed E-state index contributed by atoms with van der Waals surface area (Å²) in [6.07, 6.45) is 7.44. The first kappa shape index (κ1) is 27.8. The van der Waals surface area contributed by atoms with E-state index in [-0.39, 0.29) is 41.6 Å². The zero-order chi connectivity index (χ0) is 29.0. The summed E-state index contributed by atoms with van der Waals surface area (Å²) in [5, 5.41) is 2.36. The molecular weight excluding hydrogens is 536 g/mol. The molecule has 42 heavy (non-hydrogen) atoms. The molecule has 1 aromatic carbocycles. The number of imide groups is 1. The minimum atomic E-state index is -0.609. The lowest BCUT2D eigenvalue weighted by Gasteiger charge is -2.52. The minimum Gasteiger partial charge on any atom is -0.489 e. The summed E-state index contributed by atoms with van der Waals surface area (Å²) in [7, 11) is 0. The largest absolute Gasteiger partial charge is 0.489 e. The zero-order valence-electron chi connectivity index (χ0n) is 24.5. The Morgan fingerprint density at radius 1 is 1.00 bits per heavy atom. The van der Waals surface area contributed by atoms with Crippen LogP contribution in [0.25, 0.3) is 0 Å². The second-order valence-electron chi connectivity index (χ2n) is 13.6. The van der Waals surface area contributed by atoms with Crippen LogP contribution in [0.4, 0.5) is 0 Å². The summed E-state index contributed by atoms with van der Waals surface area (Å²) in [5.74, 6) is 1.59. The van der Waals surface area contributed by atoms with Crippen LogP contribution >= 0.6 is 0 Å². The van der Waals surface area contributed by atoms with E-state index in [0.29, 0.717) is 49.6 Å². The third kappa shape index (κ3) is 5.00. The molecule has 3 atom stereocenters. The summed E-state index contributed by atoms with van der Waals surface area (Å²) in [4.78, 5) is 56.2. The molecule has 1 aliphatic carbocycles. The molecule has 4 saturated heterocycles. The zero-order valence-corrected chi connectivity index (χ0v) is 24.5. The van der Waals surface area contributed by atoms with Crippen LogP contribution in [0, 0.1) is 17.3 Å². The Bertz CT molecular complexity index is 1270. The van der Waals surface area contributed by atoms with Crippen molar-refractivity contribution in [2.45, 2.75) is 83.0 Å². The Balaban J connectivity index is 0.932. The van der Waals surface area contributed by atoms with Gasteiger partial charge in [0, 0.05) is 50.7 Å². The molecule has 0 aromatic heterocycles. The van der Waals surface area contributed by atoms with Gasteiger partial charge in [-0.2, -0.15) is 0 Å². The number of carbonyl (C=O) groups is 4. The van der Waals surface area contributed by atoms with Crippen molar-refractivity contribution in [2.75, 3.05) is 39.4 Å². The fourth-order valence-corrected chi connectivity index (χ4v) is 8.04. The third-order valence-corrected chi connectivity index (χ3v) is 10.7. The number of piperidine rings is 2. The first-order valence-electron chi connectivity index (χ1n) is 15.8. The molecule has 10 heteroatoms. The maximum Gasteiger partial charge on any atom is 0.255 e. The van der Waals surface area contributed by atoms with E-state index in [1.807, 2.05) is 25.1 Å². The van der Waals surface area contributed by atoms with Gasteiger partial charge in [-0.3, -0.25) is 29.4 Å². The number of likely N-dealkylation sites (tertiary alicyclic amines) is 2. The Hall–Kier alpha value is -2.98. The van der Waals surface area contributed by atoms with Crippen LogP contribution in [0.3, 0.4) is 0 Å². The molecule has 0 bridgehead atoms. The van der Waals surface area contributed by atoms with E-state index in [1.54, 1.807) is 4.90 Å². The lowest BCUT2D eigenvalue weighted by molar-refractivity contribution is -0.170. The van der Waals surface area contributed by atoms with E-state index in [0.717, 1.165) is 69.6 Å². The van der Waals surface area contributed by atoms with Gasteiger partial charge in [-0.15, -0.1) is 0 Å². The summed E-state index contributed by atoms with van der Waals surface area (Å²) < 4.78 is 11.9. The number of carbonyl (C=O) groups excluding carboxylic acids is 4. The summed E-state index contributed by atoms with van der Waals surface area (Å²) in [6.45, 7) is 7.44. The molecule has 1 unspecified atom stereocenters. The summed E-state index contributed by atoms with van der Waals surface area (Å²) in [6, 6.07) is 5.47. The molecule has 6 aliphatic rings. The molecule has 5 aliphatic heterocycles. The van der Waals surface area contributed by atoms with Crippen LogP contribution in [0.15, 0.2) is 18.2 Å². The Labute approximate surface area is 247 Å². The monoisotopic (exact) mass is 578 g/mol. The minimum absolute atomic E-state index is 0.117. The highest BCUT2D eigenvalue weighted by atomic mass is 16.5. The van der Waals surface area contributed by atoms with E-state index in [4.69, 9.17) is 9.47 Å². The molecule has 0 spiro atoms. The van der Waals surface area contributed by atoms with Crippen LogP contribution in [0.5, 0.6) is 5.75 Å². The van der Waals surface area contributed by atoms with E-state index in [2.05, 4.69) is 15.1 Å². The number of fused-ring (bicyclic) bond motifs is 1. The topological polar surface area (TPSA) is 108 Å². The Kier molecular flexibility index (Phi) is 7.25. The fourth-order valence-electron chi connectivity index (χ4n) is 8.04. The van der Waals surface area contributed by atoms with Crippen molar-refractivity contribution in [1.82, 2.24) is 20.0 Å². The van der Waals surface area contributed by atoms with Crippen LogP contribution in [-0.2, 0) is 25.7 Å². The number of nitrogens with one attached hydrogen (secondary N) is 1. The number of hydrogen-bond donors (Lipinski definition) is 1. The van der Waals surface area contributed by atoms with Gasteiger partial charge in [0.2, 0.25) is 17.7 Å². The first-order valence-corrected chi connectivity index (χ1v) is 15.8. The fraction of sp³-hybridized carbons (Fsp3) is 0.688. The van der Waals surface area contributed by atoms with Gasteiger partial charge < -0.3 is 19.3 Å². The average molecular weight is 579 g/mol. The lowest BCUT2D eigenvalue weighted by atomic mass is 9.77. The van der Waals surface area contributed by atoms with Crippen LogP contribution in [-0.4, -0.2) is 95.9 Å². The highest BCUT2D eigenvalue weighted by Crippen LogP contribution is 2.39. The van der Waals surface area contributed by atoms with Crippen LogP contribution in [0.1, 0.15) is 74.2 Å².